The molecule has 1 N–H and O–H groups in total. The molecule has 0 saturated heterocycles. The van der Waals surface area contributed by atoms with Gasteiger partial charge in [-0.3, -0.25) is 19.3 Å². The van der Waals surface area contributed by atoms with Crippen molar-refractivity contribution in [1.29, 1.82) is 0 Å². The van der Waals surface area contributed by atoms with Gasteiger partial charge in [0.1, 0.15) is 5.58 Å². The molecule has 0 saturated carbocycles. The molecule has 1 atom stereocenters. The van der Waals surface area contributed by atoms with Crippen LogP contribution < -0.4 is 14.4 Å². The van der Waals surface area contributed by atoms with E-state index in [2.05, 4.69) is 4.98 Å². The van der Waals surface area contributed by atoms with Crippen LogP contribution in [-0.2, 0) is 4.79 Å². The number of aliphatic hydroxyl groups is 1. The van der Waals surface area contributed by atoms with Gasteiger partial charge in [-0.25, -0.2) is 4.98 Å². The molecule has 0 bridgehead atoms. The second-order valence-electron chi connectivity index (χ2n) is 8.63. The van der Waals surface area contributed by atoms with Crippen LogP contribution in [0.5, 0.6) is 11.5 Å². The molecule has 5 rings (SSSR count). The van der Waals surface area contributed by atoms with E-state index in [-0.39, 0.29) is 22.2 Å². The number of rotatable bonds is 8. The van der Waals surface area contributed by atoms with Crippen LogP contribution in [0, 0.1) is 6.92 Å². The van der Waals surface area contributed by atoms with Gasteiger partial charge in [-0.05, 0) is 43.7 Å². The molecule has 1 aliphatic heterocycles. The van der Waals surface area contributed by atoms with Crippen LogP contribution in [0.2, 0.25) is 0 Å². The fourth-order valence-electron chi connectivity index (χ4n) is 4.52. The highest BCUT2D eigenvalue weighted by Gasteiger charge is 2.47. The molecule has 0 aliphatic carbocycles. The van der Waals surface area contributed by atoms with Gasteiger partial charge in [0.05, 0.1) is 35.9 Å². The lowest BCUT2D eigenvalue weighted by molar-refractivity contribution is -0.117. The minimum atomic E-state index is -1.07. The van der Waals surface area contributed by atoms with E-state index in [4.69, 9.17) is 13.9 Å². The Balaban J connectivity index is 1.68. The topological polar surface area (TPSA) is 119 Å². The van der Waals surface area contributed by atoms with Crippen molar-refractivity contribution in [3.63, 3.8) is 0 Å². The van der Waals surface area contributed by atoms with E-state index in [1.54, 1.807) is 49.4 Å². The van der Waals surface area contributed by atoms with E-state index in [0.29, 0.717) is 45.2 Å². The molecule has 0 fully saturated rings. The molecule has 9 nitrogen and oxygen atoms in total. The van der Waals surface area contributed by atoms with E-state index in [1.807, 2.05) is 13.0 Å². The smallest absolute Gasteiger partial charge is 0.296 e. The van der Waals surface area contributed by atoms with Crippen LogP contribution in [0.4, 0.5) is 5.13 Å². The van der Waals surface area contributed by atoms with Gasteiger partial charge >= 0.3 is 0 Å². The largest absolute Gasteiger partial charge is 0.503 e. The summed E-state index contributed by atoms with van der Waals surface area (Å²) in [5.74, 6) is -1.53. The van der Waals surface area contributed by atoms with Gasteiger partial charge in [0.25, 0.3) is 5.91 Å². The number of nitrogens with zero attached hydrogens (tertiary/aromatic N) is 2. The zero-order chi connectivity index (χ0) is 27.1. The van der Waals surface area contributed by atoms with E-state index >= 15 is 0 Å². The number of Topliss-reactive ketones (excluding diaryl/α,β-unsaturated/α-hetero) is 2. The van der Waals surface area contributed by atoms with Crippen molar-refractivity contribution in [3.8, 4) is 11.5 Å². The molecule has 0 unspecified atom stereocenters. The summed E-state index contributed by atoms with van der Waals surface area (Å²) < 4.78 is 16.9. The first-order valence-corrected chi connectivity index (χ1v) is 12.7. The van der Waals surface area contributed by atoms with E-state index < -0.39 is 23.5 Å². The number of carbonyl (C=O) groups is 3. The van der Waals surface area contributed by atoms with Crippen LogP contribution in [0.3, 0.4) is 0 Å². The molecule has 0 spiro atoms. The molecular weight excluding hydrogens is 508 g/mol. The number of amides is 1. The molecule has 38 heavy (non-hydrogen) atoms. The number of aromatic nitrogens is 1. The Morgan fingerprint density at radius 3 is 2.58 bits per heavy atom. The summed E-state index contributed by atoms with van der Waals surface area (Å²) in [6, 6.07) is 12.6. The first-order valence-electron chi connectivity index (χ1n) is 11.8. The Kier molecular flexibility index (Phi) is 6.50. The predicted molar refractivity (Wildman–Crippen MR) is 141 cm³/mol. The molecule has 1 aliphatic rings. The molecule has 4 aromatic rings. The minimum absolute atomic E-state index is 0.0231. The summed E-state index contributed by atoms with van der Waals surface area (Å²) in [5.41, 5.74) is 1.25. The highest BCUT2D eigenvalue weighted by Crippen LogP contribution is 2.45. The summed E-state index contributed by atoms with van der Waals surface area (Å²) in [4.78, 5) is 45.5. The second-order valence-corrected chi connectivity index (χ2v) is 9.61. The number of hydrogen-bond acceptors (Lipinski definition) is 9. The van der Waals surface area contributed by atoms with Crippen LogP contribution in [0.1, 0.15) is 51.4 Å². The Bertz CT molecular complexity index is 1600. The fraction of sp³-hybridized carbons (Fsp3) is 0.214. The molecular formula is C28H24N2O7S. The van der Waals surface area contributed by atoms with Crippen molar-refractivity contribution in [3.05, 3.63) is 81.8 Å². The number of fused-ring (bicyclic) bond motifs is 1. The van der Waals surface area contributed by atoms with E-state index in [0.717, 1.165) is 11.3 Å². The van der Waals surface area contributed by atoms with E-state index in [9.17, 15) is 19.5 Å². The lowest BCUT2D eigenvalue weighted by Crippen LogP contribution is -2.31. The van der Waals surface area contributed by atoms with Crippen LogP contribution >= 0.6 is 11.3 Å². The number of hydrogen-bond donors (Lipinski definition) is 1. The van der Waals surface area contributed by atoms with Crippen molar-refractivity contribution in [2.75, 3.05) is 18.6 Å². The summed E-state index contributed by atoms with van der Waals surface area (Å²) >= 11 is 1.02. The highest BCUT2D eigenvalue weighted by molar-refractivity contribution is 7.17. The number of carbonyl (C=O) groups excluding carboxylic acids is 3. The number of aliphatic hydroxyl groups excluding tert-OH is 1. The number of furan rings is 1. The van der Waals surface area contributed by atoms with Crippen LogP contribution in [0.25, 0.3) is 11.0 Å². The summed E-state index contributed by atoms with van der Waals surface area (Å²) in [7, 11) is 1.48. The summed E-state index contributed by atoms with van der Waals surface area (Å²) in [6.07, 6.45) is 0. The number of ether oxygens (including phenoxy) is 2. The first-order chi connectivity index (χ1) is 18.2. The number of aryl methyl sites for hydroxylation is 1. The quantitative estimate of drug-likeness (QED) is 0.292. The zero-order valence-electron chi connectivity index (χ0n) is 21.1. The number of ketones is 2. The lowest BCUT2D eigenvalue weighted by Gasteiger charge is -2.25. The first kappa shape index (κ1) is 25.2. The molecule has 3 heterocycles. The third kappa shape index (κ3) is 4.12. The average Bonchev–Trinajstić information content (AvgIpc) is 3.58. The van der Waals surface area contributed by atoms with Crippen molar-refractivity contribution in [2.24, 2.45) is 0 Å². The number of thiazole rings is 1. The van der Waals surface area contributed by atoms with Gasteiger partial charge in [0.15, 0.2) is 33.9 Å². The monoisotopic (exact) mass is 532 g/mol. The van der Waals surface area contributed by atoms with Gasteiger partial charge in [0.2, 0.25) is 5.78 Å². The number of methoxy groups -OCH3 is 1. The third-order valence-electron chi connectivity index (χ3n) is 6.22. The van der Waals surface area contributed by atoms with Gasteiger partial charge in [-0.1, -0.05) is 35.6 Å². The fourth-order valence-corrected chi connectivity index (χ4v) is 5.51. The second kappa shape index (κ2) is 9.79. The molecule has 2 aromatic carbocycles. The van der Waals surface area contributed by atoms with E-state index in [1.165, 1.54) is 18.9 Å². The lowest BCUT2D eigenvalue weighted by atomic mass is 9.95. The number of benzene rings is 2. The van der Waals surface area contributed by atoms with Crippen molar-refractivity contribution in [2.45, 2.75) is 26.8 Å². The normalized spacial score (nSPS) is 15.4. The van der Waals surface area contributed by atoms with Crippen LogP contribution in [0.15, 0.2) is 64.3 Å². The SMILES string of the molecule is CCOc1ccc([C@@H]2C(C(=O)c3cc4ccccc4o3)=C(O)C(=O)N2c2nc(C)c(C(C)=O)s2)cc1OC. The third-order valence-corrected chi connectivity index (χ3v) is 7.47. The molecule has 1 amide bonds. The number of anilines is 1. The molecule has 194 valence electrons. The van der Waals surface area contributed by atoms with Crippen molar-refractivity contribution >= 4 is 44.9 Å². The maximum atomic E-state index is 13.8. The zero-order valence-corrected chi connectivity index (χ0v) is 21.9. The molecule has 0 radical (unpaired) electrons. The number of para-hydroxylation sites is 1. The Labute approximate surface area is 221 Å². The predicted octanol–water partition coefficient (Wildman–Crippen LogP) is 5.59. The highest BCUT2D eigenvalue weighted by atomic mass is 32.1. The minimum Gasteiger partial charge on any atom is -0.503 e. The Morgan fingerprint density at radius 1 is 1.16 bits per heavy atom. The summed E-state index contributed by atoms with van der Waals surface area (Å²) in [5, 5.41) is 11.9. The average molecular weight is 533 g/mol. The van der Waals surface area contributed by atoms with Gasteiger partial charge in [-0.15, -0.1) is 0 Å². The van der Waals surface area contributed by atoms with Crippen LogP contribution in [-0.4, -0.2) is 41.3 Å². The standard InChI is InChI=1S/C28H24N2O7S/c1-5-36-19-11-10-17(13-20(19)35-4)23-22(24(32)21-12-16-8-6-7-9-18(16)37-21)25(33)27(34)30(23)28-29-14(2)26(38-28)15(3)31/h6-13,23,33H,5H2,1-4H3/t23-/m1/s1. The Hall–Kier alpha value is -4.44. The molecule has 2 aromatic heterocycles. The van der Waals surface area contributed by atoms with Gasteiger partial charge < -0.3 is 19.0 Å². The van der Waals surface area contributed by atoms with Crippen molar-refractivity contribution in [1.82, 2.24) is 4.98 Å². The van der Waals surface area contributed by atoms with Gasteiger partial charge in [-0.2, -0.15) is 0 Å². The summed E-state index contributed by atoms with van der Waals surface area (Å²) in [6.45, 7) is 5.33. The maximum absolute atomic E-state index is 13.8. The Morgan fingerprint density at radius 2 is 1.92 bits per heavy atom. The molecule has 10 heteroatoms. The maximum Gasteiger partial charge on any atom is 0.296 e. The van der Waals surface area contributed by atoms with Crippen molar-refractivity contribution < 1.29 is 33.4 Å². The van der Waals surface area contributed by atoms with Gasteiger partial charge in [0, 0.05) is 12.3 Å².